The van der Waals surface area contributed by atoms with Crippen LogP contribution in [-0.2, 0) is 11.2 Å². The van der Waals surface area contributed by atoms with Gasteiger partial charge in [-0.25, -0.2) is 4.39 Å². The first-order chi connectivity index (χ1) is 11.0. The molecule has 4 heteroatoms. The van der Waals surface area contributed by atoms with Gasteiger partial charge < -0.3 is 10.6 Å². The van der Waals surface area contributed by atoms with Gasteiger partial charge in [0.2, 0.25) is 5.91 Å². The van der Waals surface area contributed by atoms with Gasteiger partial charge in [-0.1, -0.05) is 35.9 Å². The Morgan fingerprint density at radius 3 is 2.39 bits per heavy atom. The summed E-state index contributed by atoms with van der Waals surface area (Å²) in [6.45, 7) is 6.78. The van der Waals surface area contributed by atoms with Gasteiger partial charge in [0.25, 0.3) is 0 Å². The number of benzene rings is 2. The number of carbonyl (C=O) groups is 1. The standard InChI is InChI=1S/C19H23FN2O/c1-13-10-14(2)19(15(3)11-13)22-18(23)12-21-9-8-16-6-4-5-7-17(16)20/h4-7,10-11,21H,8-9,12H2,1-3H3,(H,22,23). The van der Waals surface area contributed by atoms with Gasteiger partial charge in [0.15, 0.2) is 0 Å². The summed E-state index contributed by atoms with van der Waals surface area (Å²) >= 11 is 0. The molecule has 0 unspecified atom stereocenters. The molecule has 2 rings (SSSR count). The van der Waals surface area contributed by atoms with Crippen LogP contribution in [0.25, 0.3) is 0 Å². The van der Waals surface area contributed by atoms with Crippen LogP contribution in [0.4, 0.5) is 10.1 Å². The molecule has 0 spiro atoms. The summed E-state index contributed by atoms with van der Waals surface area (Å²) in [6, 6.07) is 10.8. The Hall–Kier alpha value is -2.20. The molecule has 3 nitrogen and oxygen atoms in total. The van der Waals surface area contributed by atoms with E-state index in [2.05, 4.69) is 10.6 Å². The summed E-state index contributed by atoms with van der Waals surface area (Å²) in [5.74, 6) is -0.293. The fraction of sp³-hybridized carbons (Fsp3) is 0.316. The highest BCUT2D eigenvalue weighted by molar-refractivity contribution is 5.93. The predicted octanol–water partition coefficient (Wildman–Crippen LogP) is 3.52. The van der Waals surface area contributed by atoms with E-state index in [4.69, 9.17) is 0 Å². The highest BCUT2D eigenvalue weighted by atomic mass is 19.1. The lowest BCUT2D eigenvalue weighted by Gasteiger charge is -2.13. The van der Waals surface area contributed by atoms with Gasteiger partial charge in [-0.3, -0.25) is 4.79 Å². The van der Waals surface area contributed by atoms with Crippen molar-refractivity contribution in [3.63, 3.8) is 0 Å². The molecule has 0 atom stereocenters. The van der Waals surface area contributed by atoms with Crippen molar-refractivity contribution >= 4 is 11.6 Å². The molecule has 0 aliphatic rings. The minimum atomic E-state index is -0.204. The molecule has 23 heavy (non-hydrogen) atoms. The van der Waals surface area contributed by atoms with E-state index in [0.717, 1.165) is 16.8 Å². The van der Waals surface area contributed by atoms with E-state index in [0.29, 0.717) is 18.5 Å². The van der Waals surface area contributed by atoms with Gasteiger partial charge in [0.05, 0.1) is 6.54 Å². The molecule has 0 bridgehead atoms. The molecule has 0 heterocycles. The maximum atomic E-state index is 13.5. The van der Waals surface area contributed by atoms with Crippen molar-refractivity contribution in [3.8, 4) is 0 Å². The van der Waals surface area contributed by atoms with Crippen molar-refractivity contribution in [3.05, 3.63) is 64.5 Å². The van der Waals surface area contributed by atoms with Crippen LogP contribution in [0.5, 0.6) is 0 Å². The van der Waals surface area contributed by atoms with Crippen LogP contribution in [0.1, 0.15) is 22.3 Å². The number of halogens is 1. The molecule has 0 saturated heterocycles. The first kappa shape index (κ1) is 17.2. The Bertz CT molecular complexity index is 675. The lowest BCUT2D eigenvalue weighted by atomic mass is 10.1. The highest BCUT2D eigenvalue weighted by Gasteiger charge is 2.08. The average Bonchev–Trinajstić information content (AvgIpc) is 2.49. The summed E-state index contributed by atoms with van der Waals surface area (Å²) in [4.78, 5) is 12.0. The quantitative estimate of drug-likeness (QED) is 0.801. The molecular formula is C19H23FN2O. The topological polar surface area (TPSA) is 41.1 Å². The lowest BCUT2D eigenvalue weighted by Crippen LogP contribution is -2.30. The first-order valence-corrected chi connectivity index (χ1v) is 7.79. The van der Waals surface area contributed by atoms with Gasteiger partial charge >= 0.3 is 0 Å². The van der Waals surface area contributed by atoms with Crippen LogP contribution in [0.15, 0.2) is 36.4 Å². The van der Waals surface area contributed by atoms with Crippen molar-refractivity contribution in [2.24, 2.45) is 0 Å². The zero-order chi connectivity index (χ0) is 16.8. The van der Waals surface area contributed by atoms with Crippen molar-refractivity contribution < 1.29 is 9.18 Å². The number of rotatable bonds is 6. The second-order valence-electron chi connectivity index (χ2n) is 5.84. The Balaban J connectivity index is 1.81. The monoisotopic (exact) mass is 314 g/mol. The van der Waals surface area contributed by atoms with Crippen LogP contribution < -0.4 is 10.6 Å². The van der Waals surface area contributed by atoms with E-state index in [-0.39, 0.29) is 18.3 Å². The number of carbonyl (C=O) groups excluding carboxylic acids is 1. The molecule has 2 aromatic rings. The molecule has 0 aliphatic carbocycles. The van der Waals surface area contributed by atoms with Crippen LogP contribution in [0.2, 0.25) is 0 Å². The highest BCUT2D eigenvalue weighted by Crippen LogP contribution is 2.21. The molecule has 0 fully saturated rings. The third kappa shape index (κ3) is 4.89. The van der Waals surface area contributed by atoms with Crippen molar-refractivity contribution in [1.29, 1.82) is 0 Å². The molecule has 0 saturated carbocycles. The minimum Gasteiger partial charge on any atom is -0.324 e. The van der Waals surface area contributed by atoms with E-state index in [9.17, 15) is 9.18 Å². The van der Waals surface area contributed by atoms with E-state index < -0.39 is 0 Å². The maximum Gasteiger partial charge on any atom is 0.238 e. The number of aryl methyl sites for hydroxylation is 3. The van der Waals surface area contributed by atoms with Gasteiger partial charge in [-0.2, -0.15) is 0 Å². The average molecular weight is 314 g/mol. The molecule has 2 N–H and O–H groups in total. The summed E-state index contributed by atoms with van der Waals surface area (Å²) in [7, 11) is 0. The Kier molecular flexibility index (Phi) is 5.88. The van der Waals surface area contributed by atoms with E-state index in [1.807, 2.05) is 39.0 Å². The third-order valence-electron chi connectivity index (χ3n) is 3.76. The Morgan fingerprint density at radius 1 is 1.09 bits per heavy atom. The normalized spacial score (nSPS) is 10.6. The number of hydrogen-bond donors (Lipinski definition) is 2. The van der Waals surface area contributed by atoms with Crippen LogP contribution in [0.3, 0.4) is 0 Å². The molecule has 0 aromatic heterocycles. The first-order valence-electron chi connectivity index (χ1n) is 7.79. The summed E-state index contributed by atoms with van der Waals surface area (Å²) in [6.07, 6.45) is 0.558. The van der Waals surface area contributed by atoms with Crippen LogP contribution >= 0.6 is 0 Å². The number of nitrogens with one attached hydrogen (secondary N) is 2. The van der Waals surface area contributed by atoms with Gasteiger partial charge in [0.1, 0.15) is 5.82 Å². The van der Waals surface area contributed by atoms with Crippen LogP contribution in [0, 0.1) is 26.6 Å². The molecule has 1 amide bonds. The molecule has 2 aromatic carbocycles. The summed E-state index contributed by atoms with van der Waals surface area (Å²) in [5, 5.41) is 5.99. The Labute approximate surface area is 136 Å². The third-order valence-corrected chi connectivity index (χ3v) is 3.76. The molecule has 0 aliphatic heterocycles. The SMILES string of the molecule is Cc1cc(C)c(NC(=O)CNCCc2ccccc2F)c(C)c1. The second-order valence-corrected chi connectivity index (χ2v) is 5.84. The smallest absolute Gasteiger partial charge is 0.238 e. The molecular weight excluding hydrogens is 291 g/mol. The molecule has 122 valence electrons. The Morgan fingerprint density at radius 2 is 1.74 bits per heavy atom. The van der Waals surface area contributed by atoms with Crippen molar-refractivity contribution in [2.75, 3.05) is 18.4 Å². The van der Waals surface area contributed by atoms with Gasteiger partial charge in [-0.05, 0) is 56.5 Å². The van der Waals surface area contributed by atoms with Crippen LogP contribution in [-0.4, -0.2) is 19.0 Å². The number of anilines is 1. The van der Waals surface area contributed by atoms with E-state index in [1.165, 1.54) is 11.6 Å². The van der Waals surface area contributed by atoms with Gasteiger partial charge in [-0.15, -0.1) is 0 Å². The maximum absolute atomic E-state index is 13.5. The summed E-state index contributed by atoms with van der Waals surface area (Å²) < 4.78 is 13.5. The molecule has 0 radical (unpaired) electrons. The predicted molar refractivity (Wildman–Crippen MR) is 92.3 cm³/mol. The zero-order valence-corrected chi connectivity index (χ0v) is 13.9. The minimum absolute atomic E-state index is 0.0893. The van der Waals surface area contributed by atoms with Crippen molar-refractivity contribution in [1.82, 2.24) is 5.32 Å². The lowest BCUT2D eigenvalue weighted by molar-refractivity contribution is -0.115. The summed E-state index contributed by atoms with van der Waals surface area (Å²) in [5.41, 5.74) is 4.83. The second kappa shape index (κ2) is 7.88. The van der Waals surface area contributed by atoms with E-state index >= 15 is 0 Å². The fourth-order valence-electron chi connectivity index (χ4n) is 2.69. The number of amides is 1. The largest absolute Gasteiger partial charge is 0.324 e. The van der Waals surface area contributed by atoms with Crippen molar-refractivity contribution in [2.45, 2.75) is 27.2 Å². The van der Waals surface area contributed by atoms with E-state index in [1.54, 1.807) is 12.1 Å². The number of hydrogen-bond acceptors (Lipinski definition) is 2. The fourth-order valence-corrected chi connectivity index (χ4v) is 2.69. The van der Waals surface area contributed by atoms with Gasteiger partial charge in [0, 0.05) is 5.69 Å². The zero-order valence-electron chi connectivity index (χ0n) is 13.9.